The second-order valence-corrected chi connectivity index (χ2v) is 5.37. The van der Waals surface area contributed by atoms with E-state index in [1.54, 1.807) is 0 Å². The molecule has 1 atom stereocenters. The van der Waals surface area contributed by atoms with Crippen LogP contribution in [0.25, 0.3) is 0 Å². The van der Waals surface area contributed by atoms with E-state index in [4.69, 9.17) is 0 Å². The Labute approximate surface area is 79.7 Å². The molecule has 2 heteroatoms. The summed E-state index contributed by atoms with van der Waals surface area (Å²) in [7, 11) is 0. The Morgan fingerprint density at radius 3 is 2.58 bits per heavy atom. The molecule has 0 amide bonds. The molecule has 1 nitrogen and oxygen atoms in total. The van der Waals surface area contributed by atoms with Crippen molar-refractivity contribution >= 4 is 11.8 Å². The van der Waals surface area contributed by atoms with Gasteiger partial charge in [-0.1, -0.05) is 12.8 Å². The molecule has 0 radical (unpaired) electrons. The molecule has 1 saturated carbocycles. The van der Waals surface area contributed by atoms with Crippen LogP contribution in [0.4, 0.5) is 0 Å². The molecule has 1 unspecified atom stereocenters. The van der Waals surface area contributed by atoms with Gasteiger partial charge in [-0.15, -0.1) is 0 Å². The van der Waals surface area contributed by atoms with E-state index in [1.807, 2.05) is 0 Å². The number of nitrogens with one attached hydrogen (secondary N) is 1. The molecule has 0 aromatic carbocycles. The van der Waals surface area contributed by atoms with Crippen LogP contribution in [0.2, 0.25) is 0 Å². The van der Waals surface area contributed by atoms with Crippen LogP contribution in [-0.2, 0) is 0 Å². The molecule has 1 saturated heterocycles. The first-order valence-electron chi connectivity index (χ1n) is 5.30. The van der Waals surface area contributed by atoms with Crippen LogP contribution in [0.5, 0.6) is 0 Å². The summed E-state index contributed by atoms with van der Waals surface area (Å²) < 4.78 is 0. The molecule has 1 heterocycles. The van der Waals surface area contributed by atoms with E-state index in [1.165, 1.54) is 50.8 Å². The summed E-state index contributed by atoms with van der Waals surface area (Å²) in [6, 6.07) is 0.837. The lowest BCUT2D eigenvalue weighted by molar-refractivity contribution is 0.428. The molecule has 70 valence electrons. The van der Waals surface area contributed by atoms with Gasteiger partial charge in [0, 0.05) is 17.0 Å². The maximum atomic E-state index is 3.60. The van der Waals surface area contributed by atoms with Crippen molar-refractivity contribution in [2.24, 2.45) is 0 Å². The molecule has 2 rings (SSSR count). The third-order valence-corrected chi connectivity index (χ3v) is 4.54. The summed E-state index contributed by atoms with van der Waals surface area (Å²) in [6.07, 6.45) is 8.71. The largest absolute Gasteiger partial charge is 0.313 e. The average molecular weight is 185 g/mol. The maximum Gasteiger partial charge on any atom is 0.0158 e. The third kappa shape index (κ3) is 2.40. The second-order valence-electron chi connectivity index (χ2n) is 4.03. The van der Waals surface area contributed by atoms with E-state index < -0.39 is 0 Å². The van der Waals surface area contributed by atoms with Crippen molar-refractivity contribution in [3.8, 4) is 0 Å². The molecule has 2 fully saturated rings. The zero-order valence-electron chi connectivity index (χ0n) is 7.72. The summed E-state index contributed by atoms with van der Waals surface area (Å²) >= 11 is 2.21. The fraction of sp³-hybridized carbons (Fsp3) is 1.00. The third-order valence-electron chi connectivity index (χ3n) is 3.00. The van der Waals surface area contributed by atoms with E-state index in [0.717, 1.165) is 11.3 Å². The maximum absolute atomic E-state index is 3.60. The van der Waals surface area contributed by atoms with Gasteiger partial charge in [0.2, 0.25) is 0 Å². The summed E-state index contributed by atoms with van der Waals surface area (Å²) in [6.45, 7) is 1.26. The van der Waals surface area contributed by atoms with E-state index in [2.05, 4.69) is 17.1 Å². The Bertz CT molecular complexity index is 128. The predicted molar refractivity (Wildman–Crippen MR) is 55.7 cm³/mol. The molecule has 1 N–H and O–H groups in total. The molecule has 0 spiro atoms. The first-order valence-corrected chi connectivity index (χ1v) is 6.35. The van der Waals surface area contributed by atoms with Crippen molar-refractivity contribution in [2.45, 2.75) is 49.8 Å². The van der Waals surface area contributed by atoms with Crippen LogP contribution in [0.15, 0.2) is 0 Å². The lowest BCUT2D eigenvalue weighted by Gasteiger charge is -2.29. The van der Waals surface area contributed by atoms with Crippen LogP contribution >= 0.6 is 11.8 Å². The Morgan fingerprint density at radius 2 is 2.00 bits per heavy atom. The molecule has 0 aromatic rings. The normalized spacial score (nSPS) is 31.5. The van der Waals surface area contributed by atoms with E-state index >= 15 is 0 Å². The predicted octanol–water partition coefficient (Wildman–Crippen LogP) is 2.41. The fourth-order valence-electron chi connectivity index (χ4n) is 1.86. The topological polar surface area (TPSA) is 12.0 Å². The Morgan fingerprint density at radius 1 is 1.08 bits per heavy atom. The number of piperidine rings is 1. The first kappa shape index (κ1) is 8.89. The molecule has 0 aromatic heterocycles. The monoisotopic (exact) mass is 185 g/mol. The van der Waals surface area contributed by atoms with Gasteiger partial charge in [-0.2, -0.15) is 11.8 Å². The van der Waals surface area contributed by atoms with Crippen molar-refractivity contribution in [1.82, 2.24) is 5.32 Å². The smallest absolute Gasteiger partial charge is 0.0158 e. The lowest BCUT2D eigenvalue weighted by atomic mass is 10.00. The Hall–Kier alpha value is 0.310. The van der Waals surface area contributed by atoms with Crippen LogP contribution in [0.1, 0.15) is 38.5 Å². The van der Waals surface area contributed by atoms with Gasteiger partial charge in [0.15, 0.2) is 0 Å². The van der Waals surface area contributed by atoms with Crippen LogP contribution in [0.3, 0.4) is 0 Å². The molecule has 1 aliphatic heterocycles. The summed E-state index contributed by atoms with van der Waals surface area (Å²) in [5.74, 6) is 1.37. The number of hydrogen-bond donors (Lipinski definition) is 1. The standard InChI is InChI=1S/C10H19NS/c1-2-7-11-9(4-1)8-12-10-5-3-6-10/h9-11H,1-8H2. The summed E-state index contributed by atoms with van der Waals surface area (Å²) in [5, 5.41) is 4.62. The minimum atomic E-state index is 0.837. The van der Waals surface area contributed by atoms with Crippen LogP contribution < -0.4 is 5.32 Å². The summed E-state index contributed by atoms with van der Waals surface area (Å²) in [4.78, 5) is 0. The highest BCUT2D eigenvalue weighted by molar-refractivity contribution is 8.00. The van der Waals surface area contributed by atoms with Gasteiger partial charge in [0.05, 0.1) is 0 Å². The lowest BCUT2D eigenvalue weighted by Crippen LogP contribution is -2.36. The Kier molecular flexibility index (Phi) is 3.35. The fourth-order valence-corrected chi connectivity index (χ4v) is 3.31. The molecular weight excluding hydrogens is 166 g/mol. The van der Waals surface area contributed by atoms with Crippen molar-refractivity contribution in [3.05, 3.63) is 0 Å². The highest BCUT2D eigenvalue weighted by atomic mass is 32.2. The van der Waals surface area contributed by atoms with Crippen LogP contribution in [-0.4, -0.2) is 23.6 Å². The molecule has 2 aliphatic rings. The van der Waals surface area contributed by atoms with Gasteiger partial charge in [-0.25, -0.2) is 0 Å². The first-order chi connectivity index (χ1) is 5.95. The van der Waals surface area contributed by atoms with Crippen molar-refractivity contribution in [1.29, 1.82) is 0 Å². The number of thioether (sulfide) groups is 1. The molecule has 1 aliphatic carbocycles. The number of rotatable bonds is 3. The van der Waals surface area contributed by atoms with Crippen molar-refractivity contribution < 1.29 is 0 Å². The quantitative estimate of drug-likeness (QED) is 0.724. The van der Waals surface area contributed by atoms with Crippen molar-refractivity contribution in [3.63, 3.8) is 0 Å². The highest BCUT2D eigenvalue weighted by Gasteiger charge is 2.20. The zero-order chi connectivity index (χ0) is 8.23. The van der Waals surface area contributed by atoms with Gasteiger partial charge >= 0.3 is 0 Å². The van der Waals surface area contributed by atoms with Crippen LogP contribution in [0, 0.1) is 0 Å². The van der Waals surface area contributed by atoms with Gasteiger partial charge in [0.1, 0.15) is 0 Å². The average Bonchev–Trinajstić information content (AvgIpc) is 2.04. The number of hydrogen-bond acceptors (Lipinski definition) is 2. The van der Waals surface area contributed by atoms with Gasteiger partial charge in [-0.3, -0.25) is 0 Å². The SMILES string of the molecule is C1CCC(CSC2CCC2)NC1. The van der Waals surface area contributed by atoms with E-state index in [0.29, 0.717) is 0 Å². The minimum absolute atomic E-state index is 0.837. The van der Waals surface area contributed by atoms with E-state index in [9.17, 15) is 0 Å². The van der Waals surface area contributed by atoms with Gasteiger partial charge in [0.25, 0.3) is 0 Å². The van der Waals surface area contributed by atoms with Gasteiger partial charge < -0.3 is 5.32 Å². The molecule has 0 bridgehead atoms. The van der Waals surface area contributed by atoms with E-state index in [-0.39, 0.29) is 0 Å². The zero-order valence-corrected chi connectivity index (χ0v) is 8.54. The van der Waals surface area contributed by atoms with Crippen molar-refractivity contribution in [2.75, 3.05) is 12.3 Å². The highest BCUT2D eigenvalue weighted by Crippen LogP contribution is 2.32. The molecule has 12 heavy (non-hydrogen) atoms. The minimum Gasteiger partial charge on any atom is -0.313 e. The second kappa shape index (κ2) is 4.52. The molecular formula is C10H19NS. The summed E-state index contributed by atoms with van der Waals surface area (Å²) in [5.41, 5.74) is 0. The Balaban J connectivity index is 1.58. The van der Waals surface area contributed by atoms with Gasteiger partial charge in [-0.05, 0) is 32.2 Å².